The Morgan fingerprint density at radius 3 is 2.68 bits per heavy atom. The van der Waals surface area contributed by atoms with Gasteiger partial charge in [0.1, 0.15) is 11.5 Å². The molecule has 3 heterocycles. The van der Waals surface area contributed by atoms with Gasteiger partial charge in [-0.2, -0.15) is 0 Å². The fraction of sp³-hybridized carbons (Fsp3) is 0.333. The number of nitrogens with zero attached hydrogens (tertiary/aromatic N) is 2. The Labute approximate surface area is 172 Å². The Morgan fingerprint density at radius 2 is 2.00 bits per heavy atom. The molecule has 3 aromatic rings. The number of thiophene rings is 1. The van der Waals surface area contributed by atoms with Crippen LogP contribution >= 0.6 is 22.9 Å². The number of benzene rings is 1. The Hall–Kier alpha value is -2.15. The van der Waals surface area contributed by atoms with Gasteiger partial charge in [0.05, 0.1) is 11.0 Å². The van der Waals surface area contributed by atoms with E-state index in [4.69, 9.17) is 21.0 Å². The van der Waals surface area contributed by atoms with Crippen molar-refractivity contribution >= 4 is 28.8 Å². The normalized spacial score (nSPS) is 15.1. The molecule has 1 amide bonds. The van der Waals surface area contributed by atoms with Crippen molar-refractivity contribution in [3.8, 4) is 22.0 Å². The number of amides is 1. The monoisotopic (exact) mass is 416 g/mol. The molecule has 7 heteroatoms. The van der Waals surface area contributed by atoms with Gasteiger partial charge in [0.25, 0.3) is 0 Å². The minimum Gasteiger partial charge on any atom is -0.440 e. The summed E-state index contributed by atoms with van der Waals surface area (Å²) in [5, 5.41) is 12.3. The zero-order chi connectivity index (χ0) is 19.5. The molecule has 1 aromatic carbocycles. The number of hydrogen-bond donors (Lipinski definition) is 1. The SMILES string of the molecule is O=C(CCc1oc(-c2cccs2)nc1-c1ccc(Cl)cc1)N1CCC(O)CC1. The van der Waals surface area contributed by atoms with Crippen LogP contribution < -0.4 is 0 Å². The van der Waals surface area contributed by atoms with E-state index in [0.29, 0.717) is 55.4 Å². The zero-order valence-corrected chi connectivity index (χ0v) is 16.9. The van der Waals surface area contributed by atoms with Crippen LogP contribution in [-0.2, 0) is 11.2 Å². The van der Waals surface area contributed by atoms with E-state index in [2.05, 4.69) is 0 Å². The first-order valence-corrected chi connectivity index (χ1v) is 10.6. The third-order valence-corrected chi connectivity index (χ3v) is 6.04. The lowest BCUT2D eigenvalue weighted by Crippen LogP contribution is -2.40. The van der Waals surface area contributed by atoms with Crippen LogP contribution in [0.15, 0.2) is 46.2 Å². The van der Waals surface area contributed by atoms with Gasteiger partial charge in [-0.05, 0) is 36.4 Å². The molecule has 1 N–H and O–H groups in total. The number of aryl methyl sites for hydroxylation is 1. The number of aromatic nitrogens is 1. The highest BCUT2D eigenvalue weighted by atomic mass is 35.5. The maximum absolute atomic E-state index is 12.6. The number of aliphatic hydroxyl groups excluding tert-OH is 1. The third-order valence-electron chi connectivity index (χ3n) is 4.93. The summed E-state index contributed by atoms with van der Waals surface area (Å²) >= 11 is 7.58. The smallest absolute Gasteiger partial charge is 0.237 e. The maximum Gasteiger partial charge on any atom is 0.237 e. The van der Waals surface area contributed by atoms with E-state index in [1.165, 1.54) is 0 Å². The number of rotatable bonds is 5. The summed E-state index contributed by atoms with van der Waals surface area (Å²) < 4.78 is 6.05. The lowest BCUT2D eigenvalue weighted by atomic mass is 10.1. The number of likely N-dealkylation sites (tertiary alicyclic amines) is 1. The molecular formula is C21H21ClN2O3S. The quantitative estimate of drug-likeness (QED) is 0.658. The first-order chi connectivity index (χ1) is 13.6. The number of aliphatic hydroxyl groups is 1. The van der Waals surface area contributed by atoms with Crippen LogP contribution in [0.4, 0.5) is 0 Å². The van der Waals surface area contributed by atoms with Gasteiger partial charge in [-0.3, -0.25) is 4.79 Å². The Morgan fingerprint density at radius 1 is 1.25 bits per heavy atom. The van der Waals surface area contributed by atoms with E-state index in [9.17, 15) is 9.90 Å². The van der Waals surface area contributed by atoms with Crippen molar-refractivity contribution in [2.45, 2.75) is 31.8 Å². The molecule has 2 aromatic heterocycles. The molecule has 0 saturated carbocycles. The predicted molar refractivity (Wildman–Crippen MR) is 110 cm³/mol. The Bertz CT molecular complexity index is 929. The van der Waals surface area contributed by atoms with Gasteiger partial charge in [0, 0.05) is 36.5 Å². The highest BCUT2D eigenvalue weighted by Gasteiger charge is 2.23. The first kappa shape index (κ1) is 19.2. The molecule has 28 heavy (non-hydrogen) atoms. The highest BCUT2D eigenvalue weighted by Crippen LogP contribution is 2.32. The molecule has 1 aliphatic rings. The Balaban J connectivity index is 1.54. The lowest BCUT2D eigenvalue weighted by Gasteiger charge is -2.29. The van der Waals surface area contributed by atoms with Crippen molar-refractivity contribution in [1.29, 1.82) is 0 Å². The van der Waals surface area contributed by atoms with Crippen molar-refractivity contribution in [1.82, 2.24) is 9.88 Å². The molecule has 1 aliphatic heterocycles. The van der Waals surface area contributed by atoms with Crippen LogP contribution in [0, 0.1) is 0 Å². The second-order valence-corrected chi connectivity index (χ2v) is 8.27. The van der Waals surface area contributed by atoms with Crippen molar-refractivity contribution < 1.29 is 14.3 Å². The van der Waals surface area contributed by atoms with Crippen molar-refractivity contribution in [2.24, 2.45) is 0 Å². The van der Waals surface area contributed by atoms with E-state index in [1.54, 1.807) is 11.3 Å². The molecular weight excluding hydrogens is 396 g/mol. The molecule has 146 valence electrons. The number of carbonyl (C=O) groups is 1. The molecule has 0 unspecified atom stereocenters. The highest BCUT2D eigenvalue weighted by molar-refractivity contribution is 7.13. The minimum absolute atomic E-state index is 0.0861. The van der Waals surface area contributed by atoms with Crippen LogP contribution in [-0.4, -0.2) is 40.1 Å². The number of halogens is 1. The van der Waals surface area contributed by atoms with Gasteiger partial charge >= 0.3 is 0 Å². The molecule has 1 fully saturated rings. The zero-order valence-electron chi connectivity index (χ0n) is 15.3. The molecule has 0 radical (unpaired) electrons. The van der Waals surface area contributed by atoms with Gasteiger partial charge in [-0.15, -0.1) is 11.3 Å². The van der Waals surface area contributed by atoms with Crippen LogP contribution in [0.5, 0.6) is 0 Å². The van der Waals surface area contributed by atoms with E-state index >= 15 is 0 Å². The van der Waals surface area contributed by atoms with Gasteiger partial charge in [0.15, 0.2) is 0 Å². The number of carbonyl (C=O) groups excluding carboxylic acids is 1. The van der Waals surface area contributed by atoms with Gasteiger partial charge in [0.2, 0.25) is 11.8 Å². The van der Waals surface area contributed by atoms with Crippen LogP contribution in [0.2, 0.25) is 5.02 Å². The summed E-state index contributed by atoms with van der Waals surface area (Å²) in [6, 6.07) is 11.4. The predicted octanol–water partition coefficient (Wildman–Crippen LogP) is 4.64. The second kappa shape index (κ2) is 8.47. The van der Waals surface area contributed by atoms with E-state index < -0.39 is 0 Å². The second-order valence-electron chi connectivity index (χ2n) is 6.89. The minimum atomic E-state index is -0.289. The van der Waals surface area contributed by atoms with Gasteiger partial charge in [-0.1, -0.05) is 29.8 Å². The van der Waals surface area contributed by atoms with Crippen molar-refractivity contribution in [3.05, 3.63) is 52.6 Å². The fourth-order valence-corrected chi connectivity index (χ4v) is 4.13. The summed E-state index contributed by atoms with van der Waals surface area (Å²) in [7, 11) is 0. The van der Waals surface area contributed by atoms with E-state index in [0.717, 1.165) is 16.1 Å². The van der Waals surface area contributed by atoms with Crippen LogP contribution in [0.3, 0.4) is 0 Å². The number of hydrogen-bond acceptors (Lipinski definition) is 5. The molecule has 1 saturated heterocycles. The maximum atomic E-state index is 12.6. The van der Waals surface area contributed by atoms with Crippen molar-refractivity contribution in [3.63, 3.8) is 0 Å². The molecule has 4 rings (SSSR count). The summed E-state index contributed by atoms with van der Waals surface area (Å²) in [5.41, 5.74) is 1.67. The van der Waals surface area contributed by atoms with Gasteiger partial charge in [-0.25, -0.2) is 4.98 Å². The molecule has 0 atom stereocenters. The standard InChI is InChI=1S/C21H21ClN2O3S/c22-15-5-3-14(4-6-15)20-17(27-21(23-20)18-2-1-13-28-18)7-8-19(26)24-11-9-16(25)10-12-24/h1-6,13,16,25H,7-12H2. The average Bonchev–Trinajstić information content (AvgIpc) is 3.37. The van der Waals surface area contributed by atoms with Crippen LogP contribution in [0.1, 0.15) is 25.0 Å². The summed E-state index contributed by atoms with van der Waals surface area (Å²) in [6.45, 7) is 1.22. The molecule has 0 bridgehead atoms. The molecule has 5 nitrogen and oxygen atoms in total. The Kier molecular flexibility index (Phi) is 5.80. The average molecular weight is 417 g/mol. The fourth-order valence-electron chi connectivity index (χ4n) is 3.35. The van der Waals surface area contributed by atoms with Gasteiger partial charge < -0.3 is 14.4 Å². The number of oxazole rings is 1. The van der Waals surface area contributed by atoms with E-state index in [-0.39, 0.29) is 12.0 Å². The summed E-state index contributed by atoms with van der Waals surface area (Å²) in [6.07, 6.45) is 1.84. The van der Waals surface area contributed by atoms with Crippen LogP contribution in [0.25, 0.3) is 22.0 Å². The van der Waals surface area contributed by atoms with Crippen molar-refractivity contribution in [2.75, 3.05) is 13.1 Å². The topological polar surface area (TPSA) is 66.6 Å². The lowest BCUT2D eigenvalue weighted by molar-refractivity contribution is -0.133. The van der Waals surface area contributed by atoms with E-state index in [1.807, 2.05) is 46.7 Å². The summed E-state index contributed by atoms with van der Waals surface area (Å²) in [5.74, 6) is 1.36. The first-order valence-electron chi connectivity index (χ1n) is 9.35. The molecule has 0 aliphatic carbocycles. The molecule has 0 spiro atoms. The third kappa shape index (κ3) is 4.29. The number of piperidine rings is 1. The summed E-state index contributed by atoms with van der Waals surface area (Å²) in [4.78, 5) is 20.0. The largest absolute Gasteiger partial charge is 0.440 e.